The summed E-state index contributed by atoms with van der Waals surface area (Å²) in [5.41, 5.74) is 1.19. The van der Waals surface area contributed by atoms with E-state index in [9.17, 15) is 13.2 Å². The lowest BCUT2D eigenvalue weighted by Crippen LogP contribution is -2.17. The first-order chi connectivity index (χ1) is 12.6. The molecule has 0 bridgehead atoms. The van der Waals surface area contributed by atoms with Crippen molar-refractivity contribution < 1.29 is 17.9 Å². The lowest BCUT2D eigenvalue weighted by atomic mass is 10.1. The van der Waals surface area contributed by atoms with E-state index in [1.165, 1.54) is 13.3 Å². The molecule has 0 spiro atoms. The first-order valence-electron chi connectivity index (χ1n) is 7.88. The molecule has 3 aromatic rings. The number of methoxy groups -OCH3 is 1. The van der Waals surface area contributed by atoms with Gasteiger partial charge in [-0.3, -0.25) is 0 Å². The summed E-state index contributed by atoms with van der Waals surface area (Å²) in [7, 11) is -1.75. The minimum absolute atomic E-state index is 0.153. The number of fused-ring (bicyclic) bond motifs is 1. The molecular formula is C20H17NO4S. The zero-order chi connectivity index (χ0) is 18.5. The molecule has 26 heavy (non-hydrogen) atoms. The van der Waals surface area contributed by atoms with Gasteiger partial charge in [0, 0.05) is 11.6 Å². The number of rotatable bonds is 5. The van der Waals surface area contributed by atoms with Crippen LogP contribution in [0.4, 0.5) is 5.69 Å². The molecule has 3 rings (SSSR count). The van der Waals surface area contributed by atoms with Crippen molar-refractivity contribution >= 4 is 38.9 Å². The van der Waals surface area contributed by atoms with E-state index < -0.39 is 16.9 Å². The fourth-order valence-corrected chi connectivity index (χ4v) is 3.27. The highest BCUT2D eigenvalue weighted by molar-refractivity contribution is 7.74. The van der Waals surface area contributed by atoms with Gasteiger partial charge in [0.05, 0.1) is 18.4 Å². The number of anilines is 1. The Morgan fingerprint density at radius 2 is 1.58 bits per heavy atom. The average Bonchev–Trinajstić information content (AvgIpc) is 2.68. The van der Waals surface area contributed by atoms with Crippen LogP contribution in [0.5, 0.6) is 0 Å². The summed E-state index contributed by atoms with van der Waals surface area (Å²) in [5.74, 6) is -0.613. The first kappa shape index (κ1) is 17.7. The van der Waals surface area contributed by atoms with E-state index in [1.807, 2.05) is 36.4 Å². The normalized spacial score (nSPS) is 11.5. The average molecular weight is 367 g/mol. The Morgan fingerprint density at radius 3 is 2.27 bits per heavy atom. The zero-order valence-corrected chi connectivity index (χ0v) is 14.9. The van der Waals surface area contributed by atoms with Crippen LogP contribution in [-0.4, -0.2) is 21.5 Å². The van der Waals surface area contributed by atoms with Crippen LogP contribution in [0.2, 0.25) is 0 Å². The third kappa shape index (κ3) is 3.60. The van der Waals surface area contributed by atoms with Crippen molar-refractivity contribution in [3.8, 4) is 0 Å². The Labute approximate surface area is 153 Å². The SMILES string of the molecule is COC(=O)C(=CN(c1cccc2ccccc12)[SH](=O)=O)c1ccccc1. The molecule has 0 amide bonds. The standard InChI is InChI=1S/C20H17NO4S/c1-25-20(22)18(16-8-3-2-4-9-16)14-21(26(23)24)19-13-7-11-15-10-5-6-12-17(15)19/h2-14,26H,1H3. The predicted molar refractivity (Wildman–Crippen MR) is 103 cm³/mol. The van der Waals surface area contributed by atoms with Crippen LogP contribution < -0.4 is 4.31 Å². The van der Waals surface area contributed by atoms with Crippen molar-refractivity contribution in [3.63, 3.8) is 0 Å². The second-order valence-corrected chi connectivity index (χ2v) is 6.39. The number of hydrogen-bond donors (Lipinski definition) is 1. The van der Waals surface area contributed by atoms with Crippen LogP contribution in [0.15, 0.2) is 79.0 Å². The summed E-state index contributed by atoms with van der Waals surface area (Å²) in [6.07, 6.45) is 1.30. The van der Waals surface area contributed by atoms with Crippen LogP contribution in [0.25, 0.3) is 16.3 Å². The Hall–Kier alpha value is -3.12. The van der Waals surface area contributed by atoms with Gasteiger partial charge in [-0.25, -0.2) is 17.5 Å². The predicted octanol–water partition coefficient (Wildman–Crippen LogP) is 3.39. The second-order valence-electron chi connectivity index (χ2n) is 5.48. The number of benzene rings is 3. The van der Waals surface area contributed by atoms with Gasteiger partial charge < -0.3 is 4.74 Å². The van der Waals surface area contributed by atoms with Crippen molar-refractivity contribution in [1.82, 2.24) is 0 Å². The summed E-state index contributed by atoms with van der Waals surface area (Å²) in [6.45, 7) is 0. The van der Waals surface area contributed by atoms with E-state index in [1.54, 1.807) is 36.4 Å². The Balaban J connectivity index is 2.20. The highest BCUT2D eigenvalue weighted by Gasteiger charge is 2.17. The van der Waals surface area contributed by atoms with E-state index in [0.29, 0.717) is 11.3 Å². The molecule has 0 unspecified atom stereocenters. The molecule has 5 nitrogen and oxygen atoms in total. The van der Waals surface area contributed by atoms with Gasteiger partial charge in [0.1, 0.15) is 0 Å². The Bertz CT molecular complexity index is 1030. The molecule has 0 N–H and O–H groups in total. The zero-order valence-electron chi connectivity index (χ0n) is 14.0. The van der Waals surface area contributed by atoms with E-state index >= 15 is 0 Å². The molecule has 0 aliphatic heterocycles. The van der Waals surface area contributed by atoms with Crippen LogP contribution in [0.3, 0.4) is 0 Å². The molecule has 0 aliphatic carbocycles. The quantitative estimate of drug-likeness (QED) is 0.427. The largest absolute Gasteiger partial charge is 0.465 e. The number of nitrogens with zero attached hydrogens (tertiary/aromatic N) is 1. The molecule has 6 heteroatoms. The molecule has 3 aromatic carbocycles. The maximum atomic E-state index is 12.3. The van der Waals surface area contributed by atoms with Crippen LogP contribution >= 0.6 is 0 Å². The first-order valence-corrected chi connectivity index (χ1v) is 9.01. The summed E-state index contributed by atoms with van der Waals surface area (Å²) >= 11 is 0. The molecule has 0 radical (unpaired) electrons. The van der Waals surface area contributed by atoms with E-state index in [0.717, 1.165) is 15.1 Å². The number of esters is 1. The molecule has 0 aliphatic rings. The molecule has 0 saturated carbocycles. The van der Waals surface area contributed by atoms with Gasteiger partial charge in [-0.1, -0.05) is 66.7 Å². The van der Waals surface area contributed by atoms with Crippen molar-refractivity contribution in [2.45, 2.75) is 0 Å². The van der Waals surface area contributed by atoms with Crippen molar-refractivity contribution in [2.24, 2.45) is 0 Å². The Morgan fingerprint density at radius 1 is 0.923 bits per heavy atom. The lowest BCUT2D eigenvalue weighted by molar-refractivity contribution is -0.133. The van der Waals surface area contributed by atoms with Gasteiger partial charge in [0.2, 0.25) is 10.9 Å². The number of thiol groups is 1. The van der Waals surface area contributed by atoms with Gasteiger partial charge in [-0.15, -0.1) is 0 Å². The number of hydrogen-bond acceptors (Lipinski definition) is 4. The van der Waals surface area contributed by atoms with Gasteiger partial charge in [0.25, 0.3) is 0 Å². The second kappa shape index (κ2) is 7.84. The molecule has 0 heterocycles. The van der Waals surface area contributed by atoms with Crippen LogP contribution in [0, 0.1) is 0 Å². The van der Waals surface area contributed by atoms with Gasteiger partial charge >= 0.3 is 5.97 Å². The van der Waals surface area contributed by atoms with Crippen LogP contribution in [0.1, 0.15) is 5.56 Å². The maximum absolute atomic E-state index is 12.3. The Kier molecular flexibility index (Phi) is 5.34. The third-order valence-electron chi connectivity index (χ3n) is 3.93. The topological polar surface area (TPSA) is 63.7 Å². The number of carbonyl (C=O) groups is 1. The van der Waals surface area contributed by atoms with E-state index in [4.69, 9.17) is 4.74 Å². The van der Waals surface area contributed by atoms with Gasteiger partial charge in [0.15, 0.2) is 0 Å². The molecule has 0 aromatic heterocycles. The highest BCUT2D eigenvalue weighted by atomic mass is 32.2. The number of ether oxygens (including phenoxy) is 1. The van der Waals surface area contributed by atoms with Crippen molar-refractivity contribution in [2.75, 3.05) is 11.4 Å². The van der Waals surface area contributed by atoms with Crippen molar-refractivity contribution in [3.05, 3.63) is 84.6 Å². The summed E-state index contributed by atoms with van der Waals surface area (Å²) in [5, 5.41) is 1.67. The van der Waals surface area contributed by atoms with Crippen molar-refractivity contribution in [1.29, 1.82) is 0 Å². The molecule has 0 saturated heterocycles. The monoisotopic (exact) mass is 367 g/mol. The number of carbonyl (C=O) groups excluding carboxylic acids is 1. The van der Waals surface area contributed by atoms with Gasteiger partial charge in [-0.05, 0) is 17.0 Å². The fraction of sp³-hybridized carbons (Fsp3) is 0.0500. The fourth-order valence-electron chi connectivity index (χ4n) is 2.71. The highest BCUT2D eigenvalue weighted by Crippen LogP contribution is 2.29. The lowest BCUT2D eigenvalue weighted by Gasteiger charge is -2.17. The molecule has 0 atom stereocenters. The van der Waals surface area contributed by atoms with Crippen LogP contribution in [-0.2, 0) is 20.4 Å². The third-order valence-corrected chi connectivity index (χ3v) is 4.61. The maximum Gasteiger partial charge on any atom is 0.340 e. The summed E-state index contributed by atoms with van der Waals surface area (Å²) < 4.78 is 29.9. The minimum atomic E-state index is -3.02. The summed E-state index contributed by atoms with van der Waals surface area (Å²) in [4.78, 5) is 12.3. The molecule has 132 valence electrons. The van der Waals surface area contributed by atoms with E-state index in [-0.39, 0.29) is 5.57 Å². The molecular weight excluding hydrogens is 350 g/mol. The smallest absolute Gasteiger partial charge is 0.340 e. The molecule has 0 fully saturated rings. The summed E-state index contributed by atoms with van der Waals surface area (Å²) in [6, 6.07) is 21.6. The van der Waals surface area contributed by atoms with Gasteiger partial charge in [-0.2, -0.15) is 0 Å². The van der Waals surface area contributed by atoms with E-state index in [2.05, 4.69) is 0 Å². The minimum Gasteiger partial charge on any atom is -0.465 e.